The van der Waals surface area contributed by atoms with Crippen LogP contribution in [-0.2, 0) is 9.53 Å². The van der Waals surface area contributed by atoms with Gasteiger partial charge in [-0.15, -0.1) is 0 Å². The van der Waals surface area contributed by atoms with Crippen LogP contribution in [0.3, 0.4) is 0 Å². The molecule has 15 heavy (non-hydrogen) atoms. The summed E-state index contributed by atoms with van der Waals surface area (Å²) in [5.74, 6) is -0.536. The van der Waals surface area contributed by atoms with Crippen molar-refractivity contribution in [2.75, 3.05) is 26.2 Å². The maximum Gasteiger partial charge on any atom is 0.306 e. The number of aliphatic carboxylic acids is 1. The molecular formula is C11H19NO3. The fourth-order valence-electron chi connectivity index (χ4n) is 2.35. The number of nitrogens with zero attached hydrogens (tertiary/aromatic N) is 1. The minimum Gasteiger partial charge on any atom is -0.481 e. The van der Waals surface area contributed by atoms with Crippen LogP contribution in [-0.4, -0.2) is 48.3 Å². The van der Waals surface area contributed by atoms with Crippen LogP contribution in [0.5, 0.6) is 0 Å². The standard InChI is InChI=1S/C11H19NO3/c1-8(11(13)14)9-5-12(6-9)7-10-3-2-4-15-10/h8-10H,2-7H2,1H3,(H,13,14). The Morgan fingerprint density at radius 2 is 2.33 bits per heavy atom. The lowest BCUT2D eigenvalue weighted by atomic mass is 9.87. The van der Waals surface area contributed by atoms with Crippen molar-refractivity contribution in [2.24, 2.45) is 11.8 Å². The minimum atomic E-state index is -0.670. The molecule has 0 aromatic rings. The molecule has 0 amide bonds. The average Bonchev–Trinajstić information content (AvgIpc) is 2.61. The van der Waals surface area contributed by atoms with Gasteiger partial charge in [-0.2, -0.15) is 0 Å². The first-order valence-electron chi connectivity index (χ1n) is 5.73. The van der Waals surface area contributed by atoms with Gasteiger partial charge in [0.15, 0.2) is 0 Å². The molecule has 0 radical (unpaired) electrons. The van der Waals surface area contributed by atoms with Crippen LogP contribution in [0.1, 0.15) is 19.8 Å². The molecule has 86 valence electrons. The van der Waals surface area contributed by atoms with E-state index in [1.807, 2.05) is 0 Å². The van der Waals surface area contributed by atoms with Crippen molar-refractivity contribution in [3.8, 4) is 0 Å². The first kappa shape index (κ1) is 10.9. The van der Waals surface area contributed by atoms with E-state index in [1.54, 1.807) is 6.92 Å². The number of hydrogen-bond acceptors (Lipinski definition) is 3. The van der Waals surface area contributed by atoms with Crippen LogP contribution in [0.25, 0.3) is 0 Å². The molecule has 0 aromatic heterocycles. The van der Waals surface area contributed by atoms with E-state index in [1.165, 1.54) is 6.42 Å². The quantitative estimate of drug-likeness (QED) is 0.751. The zero-order valence-corrected chi connectivity index (χ0v) is 9.19. The number of ether oxygens (including phenoxy) is 1. The zero-order chi connectivity index (χ0) is 10.8. The molecule has 2 unspecified atom stereocenters. The van der Waals surface area contributed by atoms with Gasteiger partial charge in [-0.05, 0) is 18.8 Å². The smallest absolute Gasteiger partial charge is 0.306 e. The van der Waals surface area contributed by atoms with Crippen LogP contribution in [0, 0.1) is 11.8 Å². The molecule has 2 fully saturated rings. The summed E-state index contributed by atoms with van der Waals surface area (Å²) >= 11 is 0. The lowest BCUT2D eigenvalue weighted by molar-refractivity contribution is -0.145. The van der Waals surface area contributed by atoms with E-state index >= 15 is 0 Å². The molecular weight excluding hydrogens is 194 g/mol. The zero-order valence-electron chi connectivity index (χ0n) is 9.19. The topological polar surface area (TPSA) is 49.8 Å². The Labute approximate surface area is 90.2 Å². The Bertz CT molecular complexity index is 232. The lowest BCUT2D eigenvalue weighted by Gasteiger charge is -2.42. The van der Waals surface area contributed by atoms with Crippen molar-refractivity contribution in [1.82, 2.24) is 4.90 Å². The molecule has 4 heteroatoms. The van der Waals surface area contributed by atoms with Crippen molar-refractivity contribution >= 4 is 5.97 Å². The van der Waals surface area contributed by atoms with Crippen LogP contribution in [0.2, 0.25) is 0 Å². The van der Waals surface area contributed by atoms with Crippen molar-refractivity contribution in [3.05, 3.63) is 0 Å². The number of rotatable bonds is 4. The van der Waals surface area contributed by atoms with Gasteiger partial charge in [0, 0.05) is 26.2 Å². The Kier molecular flexibility index (Phi) is 3.26. The second-order valence-electron chi connectivity index (χ2n) is 4.74. The van der Waals surface area contributed by atoms with E-state index in [9.17, 15) is 4.79 Å². The maximum atomic E-state index is 10.7. The summed E-state index contributed by atoms with van der Waals surface area (Å²) in [6.45, 7) is 5.54. The Hall–Kier alpha value is -0.610. The van der Waals surface area contributed by atoms with Crippen molar-refractivity contribution in [1.29, 1.82) is 0 Å². The van der Waals surface area contributed by atoms with Crippen LogP contribution in [0.4, 0.5) is 0 Å². The third-order valence-corrected chi connectivity index (χ3v) is 3.57. The highest BCUT2D eigenvalue weighted by molar-refractivity contribution is 5.70. The van der Waals surface area contributed by atoms with Gasteiger partial charge in [-0.25, -0.2) is 0 Å². The molecule has 0 spiro atoms. The summed E-state index contributed by atoms with van der Waals surface area (Å²) in [4.78, 5) is 13.0. The third-order valence-electron chi connectivity index (χ3n) is 3.57. The summed E-state index contributed by atoms with van der Waals surface area (Å²) < 4.78 is 5.54. The second-order valence-corrected chi connectivity index (χ2v) is 4.74. The van der Waals surface area contributed by atoms with E-state index in [0.717, 1.165) is 32.7 Å². The predicted molar refractivity (Wildman–Crippen MR) is 55.7 cm³/mol. The molecule has 1 N–H and O–H groups in total. The van der Waals surface area contributed by atoms with E-state index in [2.05, 4.69) is 4.90 Å². The lowest BCUT2D eigenvalue weighted by Crippen LogP contribution is -2.53. The highest BCUT2D eigenvalue weighted by Gasteiger charge is 2.35. The average molecular weight is 213 g/mol. The number of carboxylic acid groups (broad SMARTS) is 1. The van der Waals surface area contributed by atoms with Gasteiger partial charge in [0.1, 0.15) is 0 Å². The van der Waals surface area contributed by atoms with Crippen molar-refractivity contribution in [2.45, 2.75) is 25.9 Å². The van der Waals surface area contributed by atoms with Gasteiger partial charge in [0.05, 0.1) is 12.0 Å². The van der Waals surface area contributed by atoms with Crippen LogP contribution >= 0.6 is 0 Å². The number of carboxylic acids is 1. The highest BCUT2D eigenvalue weighted by atomic mass is 16.5. The van der Waals surface area contributed by atoms with Crippen molar-refractivity contribution in [3.63, 3.8) is 0 Å². The van der Waals surface area contributed by atoms with Gasteiger partial charge in [0.25, 0.3) is 0 Å². The van der Waals surface area contributed by atoms with Gasteiger partial charge in [0.2, 0.25) is 0 Å². The Morgan fingerprint density at radius 1 is 1.60 bits per heavy atom. The largest absolute Gasteiger partial charge is 0.481 e. The molecule has 2 saturated heterocycles. The first-order valence-corrected chi connectivity index (χ1v) is 5.73. The van der Waals surface area contributed by atoms with Gasteiger partial charge in [-0.1, -0.05) is 6.92 Å². The molecule has 4 nitrogen and oxygen atoms in total. The van der Waals surface area contributed by atoms with Gasteiger partial charge < -0.3 is 14.7 Å². The van der Waals surface area contributed by atoms with E-state index in [4.69, 9.17) is 9.84 Å². The SMILES string of the molecule is CC(C(=O)O)C1CN(CC2CCCO2)C1. The maximum absolute atomic E-state index is 10.7. The second kappa shape index (κ2) is 4.49. The number of carbonyl (C=O) groups is 1. The minimum absolute atomic E-state index is 0.203. The summed E-state index contributed by atoms with van der Waals surface area (Å²) in [6, 6.07) is 0. The Morgan fingerprint density at radius 3 is 2.87 bits per heavy atom. The highest BCUT2D eigenvalue weighted by Crippen LogP contribution is 2.25. The molecule has 2 rings (SSSR count). The van der Waals surface area contributed by atoms with Crippen LogP contribution in [0.15, 0.2) is 0 Å². The van der Waals surface area contributed by atoms with Gasteiger partial charge in [-0.3, -0.25) is 4.79 Å². The van der Waals surface area contributed by atoms with E-state index in [0.29, 0.717) is 12.0 Å². The van der Waals surface area contributed by atoms with E-state index < -0.39 is 5.97 Å². The first-order chi connectivity index (χ1) is 7.16. The molecule has 0 saturated carbocycles. The molecule has 2 aliphatic heterocycles. The summed E-state index contributed by atoms with van der Waals surface area (Å²) in [5, 5.41) is 8.84. The number of hydrogen-bond donors (Lipinski definition) is 1. The van der Waals surface area contributed by atoms with Crippen molar-refractivity contribution < 1.29 is 14.6 Å². The molecule has 2 heterocycles. The third kappa shape index (κ3) is 2.49. The normalized spacial score (nSPS) is 30.1. The molecule has 2 aliphatic rings. The molecule has 2 atom stereocenters. The fraction of sp³-hybridized carbons (Fsp3) is 0.909. The molecule has 0 aliphatic carbocycles. The van der Waals surface area contributed by atoms with Gasteiger partial charge >= 0.3 is 5.97 Å². The monoisotopic (exact) mass is 213 g/mol. The summed E-state index contributed by atoms with van der Waals surface area (Å²) in [7, 11) is 0. The summed E-state index contributed by atoms with van der Waals surface area (Å²) in [6.07, 6.45) is 2.73. The molecule has 0 aromatic carbocycles. The van der Waals surface area contributed by atoms with E-state index in [-0.39, 0.29) is 5.92 Å². The Balaban J connectivity index is 1.67. The number of likely N-dealkylation sites (tertiary alicyclic amines) is 1. The predicted octanol–water partition coefficient (Wildman–Crippen LogP) is 0.818. The summed E-state index contributed by atoms with van der Waals surface area (Å²) in [5.41, 5.74) is 0. The van der Waals surface area contributed by atoms with Crippen LogP contribution < -0.4 is 0 Å². The molecule has 0 bridgehead atoms. The fourth-order valence-corrected chi connectivity index (χ4v) is 2.35.